The van der Waals surface area contributed by atoms with Crippen molar-refractivity contribution in [3.63, 3.8) is 0 Å². The molecule has 0 atom stereocenters. The number of hydrogen-bond donors (Lipinski definition) is 1. The minimum absolute atomic E-state index is 0.519. The smallest absolute Gasteiger partial charge is 0.422 e. The summed E-state index contributed by atoms with van der Waals surface area (Å²) >= 11 is 2.15. The van der Waals surface area contributed by atoms with Gasteiger partial charge in [-0.05, 0) is 11.9 Å². The number of aromatic nitrogens is 2. The number of hydrogen-bond acceptors (Lipinski definition) is 5. The van der Waals surface area contributed by atoms with Gasteiger partial charge in [-0.2, -0.15) is 0 Å². The van der Waals surface area contributed by atoms with Crippen LogP contribution in [0.4, 0.5) is 9.80 Å². The SMILES string of the molecule is CSN(C(=O)O)c1cnns1. The Kier molecular flexibility index (Phi) is 2.66. The molecule has 1 aromatic heterocycles. The van der Waals surface area contributed by atoms with Crippen molar-refractivity contribution in [1.29, 1.82) is 0 Å². The first-order valence-electron chi connectivity index (χ1n) is 2.60. The van der Waals surface area contributed by atoms with E-state index in [-0.39, 0.29) is 0 Å². The average molecular weight is 191 g/mol. The molecular weight excluding hydrogens is 186 g/mol. The van der Waals surface area contributed by atoms with Crippen LogP contribution in [-0.2, 0) is 0 Å². The molecule has 0 fully saturated rings. The van der Waals surface area contributed by atoms with Gasteiger partial charge >= 0.3 is 6.09 Å². The Morgan fingerprint density at radius 2 is 2.64 bits per heavy atom. The molecule has 0 aromatic carbocycles. The first-order valence-corrected chi connectivity index (χ1v) is 4.55. The van der Waals surface area contributed by atoms with Crippen LogP contribution in [0.25, 0.3) is 0 Å². The maximum Gasteiger partial charge on any atom is 0.422 e. The van der Waals surface area contributed by atoms with Gasteiger partial charge in [0.1, 0.15) is 0 Å². The lowest BCUT2D eigenvalue weighted by atomic mass is 10.8. The highest BCUT2D eigenvalue weighted by atomic mass is 32.2. The predicted octanol–water partition coefficient (Wildman–Crippen LogP) is 1.30. The fourth-order valence-corrected chi connectivity index (χ4v) is 1.65. The van der Waals surface area contributed by atoms with E-state index >= 15 is 0 Å². The summed E-state index contributed by atoms with van der Waals surface area (Å²) in [5.41, 5.74) is 0. The van der Waals surface area contributed by atoms with E-state index in [2.05, 4.69) is 9.59 Å². The number of nitrogens with zero attached hydrogens (tertiary/aromatic N) is 3. The molecule has 0 aliphatic carbocycles. The third-order valence-electron chi connectivity index (χ3n) is 0.906. The van der Waals surface area contributed by atoms with Crippen molar-refractivity contribution in [3.8, 4) is 0 Å². The molecule has 1 heterocycles. The van der Waals surface area contributed by atoms with Gasteiger partial charge in [0.2, 0.25) is 0 Å². The standard InChI is InChI=1S/C4H5N3O2S2/c1-10-7(4(8)9)3-2-5-6-11-3/h2H,1H3,(H,8,9). The number of amides is 1. The van der Waals surface area contributed by atoms with Crippen LogP contribution in [0.3, 0.4) is 0 Å². The van der Waals surface area contributed by atoms with Gasteiger partial charge in [-0.1, -0.05) is 4.49 Å². The second kappa shape index (κ2) is 3.54. The summed E-state index contributed by atoms with van der Waals surface area (Å²) in [7, 11) is 0. The molecule has 0 saturated carbocycles. The van der Waals surface area contributed by atoms with Crippen LogP contribution in [0.15, 0.2) is 6.20 Å². The maximum atomic E-state index is 10.5. The minimum atomic E-state index is -1.01. The molecule has 0 aliphatic heterocycles. The minimum Gasteiger partial charge on any atom is -0.464 e. The Balaban J connectivity index is 2.79. The molecule has 7 heteroatoms. The zero-order chi connectivity index (χ0) is 8.27. The van der Waals surface area contributed by atoms with Crippen LogP contribution in [-0.4, -0.2) is 27.0 Å². The number of rotatable bonds is 2. The van der Waals surface area contributed by atoms with E-state index in [0.717, 1.165) is 27.8 Å². The molecular formula is C4H5N3O2S2. The molecule has 0 saturated heterocycles. The summed E-state index contributed by atoms with van der Waals surface area (Å²) in [4.78, 5) is 10.5. The van der Waals surface area contributed by atoms with Crippen molar-refractivity contribution in [1.82, 2.24) is 9.59 Å². The van der Waals surface area contributed by atoms with E-state index in [0.29, 0.717) is 5.00 Å². The van der Waals surface area contributed by atoms with Gasteiger partial charge in [0.15, 0.2) is 5.00 Å². The molecule has 0 aliphatic rings. The van der Waals surface area contributed by atoms with Crippen molar-refractivity contribution in [3.05, 3.63) is 6.20 Å². The monoisotopic (exact) mass is 191 g/mol. The van der Waals surface area contributed by atoms with E-state index in [4.69, 9.17) is 5.11 Å². The van der Waals surface area contributed by atoms with Crippen molar-refractivity contribution in [2.75, 3.05) is 10.6 Å². The third-order valence-corrected chi connectivity index (χ3v) is 2.39. The molecule has 0 radical (unpaired) electrons. The van der Waals surface area contributed by atoms with Gasteiger partial charge in [0.25, 0.3) is 0 Å². The maximum absolute atomic E-state index is 10.5. The van der Waals surface area contributed by atoms with Crippen LogP contribution >= 0.6 is 23.5 Å². The summed E-state index contributed by atoms with van der Waals surface area (Å²) in [6.07, 6.45) is 2.08. The largest absolute Gasteiger partial charge is 0.464 e. The Hall–Kier alpha value is -0.820. The fraction of sp³-hybridized carbons (Fsp3) is 0.250. The molecule has 5 nitrogen and oxygen atoms in total. The third kappa shape index (κ3) is 1.81. The van der Waals surface area contributed by atoms with Gasteiger partial charge in [-0.15, -0.1) is 5.10 Å². The summed E-state index contributed by atoms with van der Waals surface area (Å²) in [6.45, 7) is 0. The first-order chi connectivity index (χ1) is 5.25. The topological polar surface area (TPSA) is 66.3 Å². The van der Waals surface area contributed by atoms with E-state index in [9.17, 15) is 4.79 Å². The molecule has 0 unspecified atom stereocenters. The molecule has 1 rings (SSSR count). The molecule has 0 bridgehead atoms. The van der Waals surface area contributed by atoms with Gasteiger partial charge in [0, 0.05) is 17.8 Å². The highest BCUT2D eigenvalue weighted by Gasteiger charge is 2.14. The quantitative estimate of drug-likeness (QED) is 0.714. The van der Waals surface area contributed by atoms with Crippen molar-refractivity contribution in [2.24, 2.45) is 0 Å². The Morgan fingerprint density at radius 3 is 3.00 bits per heavy atom. The van der Waals surface area contributed by atoms with Crippen molar-refractivity contribution in [2.45, 2.75) is 0 Å². The molecule has 60 valence electrons. The first kappa shape index (κ1) is 8.28. The number of anilines is 1. The molecule has 0 spiro atoms. The zero-order valence-corrected chi connectivity index (χ0v) is 7.22. The second-order valence-electron chi connectivity index (χ2n) is 1.52. The fourth-order valence-electron chi connectivity index (χ4n) is 0.514. The van der Waals surface area contributed by atoms with Crippen molar-refractivity contribution >= 4 is 34.6 Å². The van der Waals surface area contributed by atoms with E-state index in [1.807, 2.05) is 0 Å². The predicted molar refractivity (Wildman–Crippen MR) is 43.9 cm³/mol. The van der Waals surface area contributed by atoms with Gasteiger partial charge < -0.3 is 5.11 Å². The Bertz CT molecular complexity index is 237. The molecule has 1 aromatic rings. The average Bonchev–Trinajstić information content (AvgIpc) is 2.40. The lowest BCUT2D eigenvalue weighted by molar-refractivity contribution is 0.206. The molecule has 1 N–H and O–H groups in total. The van der Waals surface area contributed by atoms with Gasteiger partial charge in [0.05, 0.1) is 6.20 Å². The zero-order valence-electron chi connectivity index (χ0n) is 5.59. The van der Waals surface area contributed by atoms with Crippen LogP contribution in [0.1, 0.15) is 0 Å². The summed E-state index contributed by atoms with van der Waals surface area (Å²) in [6, 6.07) is 0. The summed E-state index contributed by atoms with van der Waals surface area (Å²) < 4.78 is 4.65. The van der Waals surface area contributed by atoms with Crippen LogP contribution < -0.4 is 4.31 Å². The van der Waals surface area contributed by atoms with Crippen LogP contribution in [0.2, 0.25) is 0 Å². The Morgan fingerprint density at radius 1 is 1.91 bits per heavy atom. The van der Waals surface area contributed by atoms with E-state index in [1.165, 1.54) is 6.20 Å². The van der Waals surface area contributed by atoms with Crippen LogP contribution in [0, 0.1) is 0 Å². The molecule has 11 heavy (non-hydrogen) atoms. The second-order valence-corrected chi connectivity index (χ2v) is 3.01. The van der Waals surface area contributed by atoms with Gasteiger partial charge in [-0.3, -0.25) is 0 Å². The lowest BCUT2D eigenvalue weighted by Crippen LogP contribution is -2.19. The number of carbonyl (C=O) groups is 1. The number of carboxylic acid groups (broad SMARTS) is 1. The Labute approximate surface area is 71.3 Å². The lowest BCUT2D eigenvalue weighted by Gasteiger charge is -2.10. The normalized spacial score (nSPS) is 9.55. The highest BCUT2D eigenvalue weighted by molar-refractivity contribution is 8.00. The van der Waals surface area contributed by atoms with Crippen molar-refractivity contribution < 1.29 is 9.90 Å². The summed E-state index contributed by atoms with van der Waals surface area (Å²) in [5.74, 6) is 0. The van der Waals surface area contributed by atoms with E-state index in [1.54, 1.807) is 6.26 Å². The van der Waals surface area contributed by atoms with Gasteiger partial charge in [-0.25, -0.2) is 9.10 Å². The van der Waals surface area contributed by atoms with E-state index < -0.39 is 6.09 Å². The van der Waals surface area contributed by atoms with Crippen LogP contribution in [0.5, 0.6) is 0 Å². The highest BCUT2D eigenvalue weighted by Crippen LogP contribution is 2.22. The molecule has 1 amide bonds. The summed E-state index contributed by atoms with van der Waals surface area (Å²) in [5, 5.41) is 12.6.